The molecule has 0 aromatic heterocycles. The zero-order valence-corrected chi connectivity index (χ0v) is 13.7. The number of halogens is 1. The lowest BCUT2D eigenvalue weighted by molar-refractivity contribution is -0.129. The van der Waals surface area contributed by atoms with E-state index in [9.17, 15) is 14.7 Å². The van der Waals surface area contributed by atoms with E-state index < -0.39 is 17.7 Å². The summed E-state index contributed by atoms with van der Waals surface area (Å²) in [5, 5.41) is 10.0. The number of unbranched alkanes of at least 4 members (excludes halogenated alkanes) is 1. The molecule has 1 aromatic carbocycles. The lowest BCUT2D eigenvalue weighted by atomic mass is 9.97. The molecule has 21 heavy (non-hydrogen) atoms. The molecule has 1 aliphatic rings. The van der Waals surface area contributed by atoms with Gasteiger partial charge >= 0.3 is 0 Å². The fourth-order valence-electron chi connectivity index (χ4n) is 2.56. The van der Waals surface area contributed by atoms with Gasteiger partial charge in [-0.3, -0.25) is 9.59 Å². The second-order valence-corrected chi connectivity index (χ2v) is 6.04. The Hall–Kier alpha value is -1.62. The number of hydrogen-bond acceptors (Lipinski definition) is 3. The first kappa shape index (κ1) is 15.8. The molecule has 112 valence electrons. The topological polar surface area (TPSA) is 57.6 Å². The van der Waals surface area contributed by atoms with Crippen LogP contribution < -0.4 is 0 Å². The zero-order valence-electron chi connectivity index (χ0n) is 12.1. The van der Waals surface area contributed by atoms with Crippen molar-refractivity contribution in [3.05, 3.63) is 45.6 Å². The molecule has 1 N–H and O–H groups in total. The van der Waals surface area contributed by atoms with Crippen molar-refractivity contribution < 1.29 is 14.7 Å². The first-order chi connectivity index (χ1) is 9.97. The van der Waals surface area contributed by atoms with Crippen molar-refractivity contribution in [2.24, 2.45) is 0 Å². The van der Waals surface area contributed by atoms with Crippen LogP contribution in [0.15, 0.2) is 40.1 Å². The van der Waals surface area contributed by atoms with Crippen molar-refractivity contribution in [2.45, 2.75) is 32.7 Å². The van der Waals surface area contributed by atoms with E-state index in [4.69, 9.17) is 0 Å². The molecule has 1 aliphatic heterocycles. The van der Waals surface area contributed by atoms with E-state index in [-0.39, 0.29) is 11.4 Å². The molecular formula is C16H18BrNO3. The Kier molecular flexibility index (Phi) is 4.83. The van der Waals surface area contributed by atoms with Crippen LogP contribution in [0.4, 0.5) is 0 Å². The molecule has 1 atom stereocenters. The summed E-state index contributed by atoms with van der Waals surface area (Å²) in [6.45, 7) is 3.94. The minimum atomic E-state index is -0.491. The quantitative estimate of drug-likeness (QED) is 0.882. The van der Waals surface area contributed by atoms with Crippen LogP contribution in [-0.4, -0.2) is 28.2 Å². The van der Waals surface area contributed by atoms with E-state index in [1.165, 1.54) is 6.92 Å². The molecule has 1 unspecified atom stereocenters. The number of aliphatic hydroxyl groups is 1. The molecule has 0 bridgehead atoms. The summed E-state index contributed by atoms with van der Waals surface area (Å²) in [6.07, 6.45) is 1.77. The Bertz CT molecular complexity index is 592. The van der Waals surface area contributed by atoms with Gasteiger partial charge in [0.05, 0.1) is 11.6 Å². The average molecular weight is 352 g/mol. The smallest absolute Gasteiger partial charge is 0.290 e. The van der Waals surface area contributed by atoms with Crippen LogP contribution in [0.25, 0.3) is 0 Å². The van der Waals surface area contributed by atoms with Gasteiger partial charge in [0.25, 0.3) is 5.91 Å². The highest BCUT2D eigenvalue weighted by Crippen LogP contribution is 2.38. The number of ketones is 1. The van der Waals surface area contributed by atoms with Crippen molar-refractivity contribution in [1.82, 2.24) is 4.90 Å². The number of Topliss-reactive ketones (excluding diaryl/α,β-unsaturated/α-hetero) is 1. The zero-order chi connectivity index (χ0) is 15.6. The van der Waals surface area contributed by atoms with Crippen LogP contribution >= 0.6 is 15.9 Å². The van der Waals surface area contributed by atoms with Crippen LogP contribution in [-0.2, 0) is 9.59 Å². The number of carbonyl (C=O) groups excluding carboxylic acids is 2. The maximum atomic E-state index is 12.2. The molecule has 1 amide bonds. The number of benzene rings is 1. The second kappa shape index (κ2) is 6.43. The Morgan fingerprint density at radius 1 is 1.33 bits per heavy atom. The average Bonchev–Trinajstić information content (AvgIpc) is 2.70. The highest BCUT2D eigenvalue weighted by atomic mass is 79.9. The minimum absolute atomic E-state index is 0.193. The van der Waals surface area contributed by atoms with E-state index in [1.807, 2.05) is 31.2 Å². The Morgan fingerprint density at radius 3 is 2.48 bits per heavy atom. The van der Waals surface area contributed by atoms with E-state index in [2.05, 4.69) is 15.9 Å². The van der Waals surface area contributed by atoms with Gasteiger partial charge in [-0.15, -0.1) is 0 Å². The number of amides is 1. The number of hydrogen-bond donors (Lipinski definition) is 1. The van der Waals surface area contributed by atoms with Gasteiger partial charge in [0.2, 0.25) is 0 Å². The summed E-state index contributed by atoms with van der Waals surface area (Å²) in [7, 11) is 0. The molecule has 1 heterocycles. The number of nitrogens with zero attached hydrogens (tertiary/aromatic N) is 1. The third kappa shape index (κ3) is 3.02. The normalized spacial score (nSPS) is 18.5. The second-order valence-electron chi connectivity index (χ2n) is 5.12. The lowest BCUT2D eigenvalue weighted by Crippen LogP contribution is -2.31. The molecule has 0 saturated heterocycles. The maximum Gasteiger partial charge on any atom is 0.290 e. The molecule has 0 aliphatic carbocycles. The highest BCUT2D eigenvalue weighted by Gasteiger charge is 2.41. The van der Waals surface area contributed by atoms with Gasteiger partial charge in [0, 0.05) is 11.0 Å². The van der Waals surface area contributed by atoms with Crippen molar-refractivity contribution >= 4 is 27.6 Å². The van der Waals surface area contributed by atoms with Crippen LogP contribution in [0.2, 0.25) is 0 Å². The molecule has 2 rings (SSSR count). The molecule has 0 radical (unpaired) electrons. The molecule has 0 saturated carbocycles. The van der Waals surface area contributed by atoms with Gasteiger partial charge in [-0.1, -0.05) is 41.4 Å². The van der Waals surface area contributed by atoms with E-state index in [1.54, 1.807) is 4.90 Å². The Balaban J connectivity index is 2.46. The first-order valence-corrected chi connectivity index (χ1v) is 7.77. The summed E-state index contributed by atoms with van der Waals surface area (Å²) in [4.78, 5) is 25.7. The van der Waals surface area contributed by atoms with Crippen LogP contribution in [0.3, 0.4) is 0 Å². The van der Waals surface area contributed by atoms with Gasteiger partial charge in [-0.05, 0) is 31.0 Å². The van der Waals surface area contributed by atoms with Crippen molar-refractivity contribution in [3.8, 4) is 0 Å². The van der Waals surface area contributed by atoms with Crippen LogP contribution in [0.1, 0.15) is 38.3 Å². The van der Waals surface area contributed by atoms with Gasteiger partial charge in [0.1, 0.15) is 0 Å². The van der Waals surface area contributed by atoms with Crippen LogP contribution in [0, 0.1) is 0 Å². The molecule has 0 spiro atoms. The molecular weight excluding hydrogens is 334 g/mol. The maximum absolute atomic E-state index is 12.2. The number of carbonyl (C=O) groups is 2. The molecule has 1 aromatic rings. The predicted molar refractivity (Wildman–Crippen MR) is 83.8 cm³/mol. The van der Waals surface area contributed by atoms with E-state index >= 15 is 0 Å². The lowest BCUT2D eigenvalue weighted by Gasteiger charge is -2.26. The van der Waals surface area contributed by atoms with E-state index in [0.717, 1.165) is 22.9 Å². The van der Waals surface area contributed by atoms with Gasteiger partial charge in [-0.2, -0.15) is 0 Å². The minimum Gasteiger partial charge on any atom is -0.503 e. The summed E-state index contributed by atoms with van der Waals surface area (Å²) in [5.41, 5.74) is 1.02. The van der Waals surface area contributed by atoms with Gasteiger partial charge < -0.3 is 10.0 Å². The monoisotopic (exact) mass is 351 g/mol. The standard InChI is InChI=1S/C16H18BrNO3/c1-3-4-9-18-14(11-5-7-12(17)8-6-11)13(10(2)19)15(20)16(18)21/h5-8,14,20H,3-4,9H2,1-2H3. The third-order valence-electron chi connectivity index (χ3n) is 3.62. The summed E-state index contributed by atoms with van der Waals surface area (Å²) < 4.78 is 0.924. The summed E-state index contributed by atoms with van der Waals surface area (Å²) in [5.74, 6) is -1.14. The van der Waals surface area contributed by atoms with E-state index in [0.29, 0.717) is 6.54 Å². The molecule has 5 heteroatoms. The van der Waals surface area contributed by atoms with Crippen molar-refractivity contribution in [1.29, 1.82) is 0 Å². The molecule has 4 nitrogen and oxygen atoms in total. The number of aliphatic hydroxyl groups excluding tert-OH is 1. The Morgan fingerprint density at radius 2 is 1.95 bits per heavy atom. The van der Waals surface area contributed by atoms with Crippen molar-refractivity contribution in [2.75, 3.05) is 6.54 Å². The van der Waals surface area contributed by atoms with Gasteiger partial charge in [0.15, 0.2) is 11.5 Å². The van der Waals surface area contributed by atoms with Crippen LogP contribution in [0.5, 0.6) is 0 Å². The van der Waals surface area contributed by atoms with Crippen molar-refractivity contribution in [3.63, 3.8) is 0 Å². The fourth-order valence-corrected chi connectivity index (χ4v) is 2.83. The Labute approximate surface area is 132 Å². The summed E-state index contributed by atoms with van der Waals surface area (Å²) in [6, 6.07) is 6.97. The predicted octanol–water partition coefficient (Wildman–Crippen LogP) is 3.53. The fraction of sp³-hybridized carbons (Fsp3) is 0.375. The number of rotatable bonds is 5. The summed E-state index contributed by atoms with van der Waals surface area (Å²) >= 11 is 3.37. The SMILES string of the molecule is CCCCN1C(=O)C(O)=C(C(C)=O)C1c1ccc(Br)cc1. The molecule has 0 fully saturated rings. The highest BCUT2D eigenvalue weighted by molar-refractivity contribution is 9.10. The largest absolute Gasteiger partial charge is 0.503 e. The third-order valence-corrected chi connectivity index (χ3v) is 4.15. The first-order valence-electron chi connectivity index (χ1n) is 6.97. The van der Waals surface area contributed by atoms with Gasteiger partial charge in [-0.25, -0.2) is 0 Å².